The van der Waals surface area contributed by atoms with Crippen LogP contribution in [-0.4, -0.2) is 15.0 Å². The van der Waals surface area contributed by atoms with Crippen molar-refractivity contribution >= 4 is 46.0 Å². The summed E-state index contributed by atoms with van der Waals surface area (Å²) in [5, 5.41) is 5.20. The summed E-state index contributed by atoms with van der Waals surface area (Å²) in [7, 11) is 0. The molecule has 0 atom stereocenters. The van der Waals surface area contributed by atoms with E-state index in [0.29, 0.717) is 34.6 Å². The molecule has 0 spiro atoms. The lowest BCUT2D eigenvalue weighted by molar-refractivity contribution is 0.696. The molecule has 2 aromatic heterocycles. The van der Waals surface area contributed by atoms with E-state index in [1.807, 2.05) is 18.3 Å². The zero-order valence-corrected chi connectivity index (χ0v) is 13.0. The maximum absolute atomic E-state index is 6.00. The Hall–Kier alpha value is -2.02. The monoisotopic (exact) mass is 336 g/mol. The summed E-state index contributed by atoms with van der Waals surface area (Å²) >= 11 is 11.9. The van der Waals surface area contributed by atoms with Gasteiger partial charge in [0.15, 0.2) is 0 Å². The van der Waals surface area contributed by atoms with Gasteiger partial charge in [-0.3, -0.25) is 0 Å². The predicted molar refractivity (Wildman–Crippen MR) is 89.7 cm³/mol. The number of hydrogen-bond donors (Lipinski definition) is 4. The first-order valence-corrected chi connectivity index (χ1v) is 7.34. The number of nitrogens with zero attached hydrogens (tertiary/aromatic N) is 2. The number of fused-ring (bicyclic) bond motifs is 1. The molecule has 3 aromatic rings. The van der Waals surface area contributed by atoms with Crippen LogP contribution in [-0.2, 0) is 13.1 Å². The van der Waals surface area contributed by atoms with Crippen molar-refractivity contribution in [3.63, 3.8) is 0 Å². The molecule has 0 unspecified atom stereocenters. The van der Waals surface area contributed by atoms with Gasteiger partial charge in [0.2, 0.25) is 5.95 Å². The molecule has 0 fully saturated rings. The highest BCUT2D eigenvalue weighted by atomic mass is 35.5. The van der Waals surface area contributed by atoms with Gasteiger partial charge in [0.1, 0.15) is 11.5 Å². The first kappa shape index (κ1) is 14.9. The Morgan fingerprint density at radius 2 is 1.91 bits per heavy atom. The number of rotatable bonds is 4. The van der Waals surface area contributed by atoms with Crippen molar-refractivity contribution in [2.75, 3.05) is 11.5 Å². The molecule has 3 rings (SSSR count). The Kier molecular flexibility index (Phi) is 4.06. The topological polar surface area (TPSA) is 106 Å². The van der Waals surface area contributed by atoms with Crippen LogP contribution in [0.5, 0.6) is 0 Å². The van der Waals surface area contributed by atoms with E-state index in [2.05, 4.69) is 20.3 Å². The third kappa shape index (κ3) is 2.94. The predicted octanol–water partition coefficient (Wildman–Crippen LogP) is 2.72. The van der Waals surface area contributed by atoms with Crippen molar-refractivity contribution in [3.8, 4) is 0 Å². The third-order valence-electron chi connectivity index (χ3n) is 3.29. The van der Waals surface area contributed by atoms with Crippen LogP contribution in [0.2, 0.25) is 10.0 Å². The second-order valence-electron chi connectivity index (χ2n) is 4.86. The van der Waals surface area contributed by atoms with Crippen molar-refractivity contribution in [1.82, 2.24) is 20.3 Å². The molecule has 0 radical (unpaired) electrons. The molecule has 22 heavy (non-hydrogen) atoms. The Labute approximate surface area is 136 Å². The van der Waals surface area contributed by atoms with Crippen LogP contribution in [0.1, 0.15) is 11.1 Å². The van der Waals surface area contributed by atoms with Gasteiger partial charge in [-0.05, 0) is 23.3 Å². The quantitative estimate of drug-likeness (QED) is 0.586. The van der Waals surface area contributed by atoms with E-state index in [1.54, 1.807) is 6.07 Å². The average Bonchev–Trinajstić information content (AvgIpc) is 2.86. The fourth-order valence-electron chi connectivity index (χ4n) is 2.28. The van der Waals surface area contributed by atoms with Gasteiger partial charge in [-0.25, -0.2) is 0 Å². The first-order chi connectivity index (χ1) is 10.5. The van der Waals surface area contributed by atoms with Crippen molar-refractivity contribution in [3.05, 3.63) is 45.6 Å². The zero-order valence-electron chi connectivity index (χ0n) is 11.5. The molecule has 0 aliphatic rings. The maximum atomic E-state index is 6.00. The van der Waals surface area contributed by atoms with Gasteiger partial charge in [0.25, 0.3) is 0 Å². The number of hydrogen-bond acceptors (Lipinski definition) is 5. The highest BCUT2D eigenvalue weighted by Gasteiger charge is 2.10. The van der Waals surface area contributed by atoms with Crippen LogP contribution in [0.25, 0.3) is 11.0 Å². The SMILES string of the molecule is Nc1nc(N)c2c(CNCc3ccc(Cl)c(Cl)c3)c[nH]c2n1. The molecule has 0 saturated carbocycles. The van der Waals surface area contributed by atoms with E-state index in [4.69, 9.17) is 34.7 Å². The molecule has 0 amide bonds. The Balaban J connectivity index is 1.73. The molecule has 6 N–H and O–H groups in total. The van der Waals surface area contributed by atoms with Gasteiger partial charge in [0.05, 0.1) is 15.4 Å². The summed E-state index contributed by atoms with van der Waals surface area (Å²) in [6.45, 7) is 1.26. The second kappa shape index (κ2) is 6.00. The highest BCUT2D eigenvalue weighted by Crippen LogP contribution is 2.24. The molecule has 0 bridgehead atoms. The number of nitrogens with one attached hydrogen (secondary N) is 2. The molecule has 0 aliphatic heterocycles. The number of nitrogens with two attached hydrogens (primary N) is 2. The first-order valence-electron chi connectivity index (χ1n) is 6.58. The molecule has 8 heteroatoms. The minimum Gasteiger partial charge on any atom is -0.383 e. The summed E-state index contributed by atoms with van der Waals surface area (Å²) in [6, 6.07) is 5.54. The fraction of sp³-hybridized carbons (Fsp3) is 0.143. The second-order valence-corrected chi connectivity index (χ2v) is 5.67. The van der Waals surface area contributed by atoms with E-state index in [1.165, 1.54) is 0 Å². The van der Waals surface area contributed by atoms with Crippen LogP contribution < -0.4 is 16.8 Å². The molecule has 6 nitrogen and oxygen atoms in total. The fourth-order valence-corrected chi connectivity index (χ4v) is 2.60. The number of benzene rings is 1. The van der Waals surface area contributed by atoms with Gasteiger partial charge in [-0.1, -0.05) is 29.3 Å². The number of H-pyrrole nitrogens is 1. The molecule has 2 heterocycles. The number of anilines is 2. The molecular formula is C14H14Cl2N6. The molecule has 114 valence electrons. The lowest BCUT2D eigenvalue weighted by Gasteiger charge is -2.06. The Morgan fingerprint density at radius 1 is 1.09 bits per heavy atom. The number of nitrogen functional groups attached to an aromatic ring is 2. The van der Waals surface area contributed by atoms with Crippen molar-refractivity contribution in [1.29, 1.82) is 0 Å². The zero-order chi connectivity index (χ0) is 15.7. The number of aromatic amines is 1. The average molecular weight is 337 g/mol. The molecular weight excluding hydrogens is 323 g/mol. The van der Waals surface area contributed by atoms with Gasteiger partial charge in [0, 0.05) is 19.3 Å². The van der Waals surface area contributed by atoms with Gasteiger partial charge in [-0.15, -0.1) is 0 Å². The van der Waals surface area contributed by atoms with Gasteiger partial charge < -0.3 is 21.8 Å². The highest BCUT2D eigenvalue weighted by molar-refractivity contribution is 6.42. The van der Waals surface area contributed by atoms with Crippen molar-refractivity contribution < 1.29 is 0 Å². The van der Waals surface area contributed by atoms with Crippen molar-refractivity contribution in [2.45, 2.75) is 13.1 Å². The smallest absolute Gasteiger partial charge is 0.223 e. The normalized spacial score (nSPS) is 11.2. The number of aromatic nitrogens is 3. The largest absolute Gasteiger partial charge is 0.383 e. The van der Waals surface area contributed by atoms with Crippen LogP contribution in [0.15, 0.2) is 24.4 Å². The van der Waals surface area contributed by atoms with E-state index < -0.39 is 0 Å². The van der Waals surface area contributed by atoms with Crippen molar-refractivity contribution in [2.24, 2.45) is 0 Å². The summed E-state index contributed by atoms with van der Waals surface area (Å²) in [5.74, 6) is 0.525. The lowest BCUT2D eigenvalue weighted by Crippen LogP contribution is -2.12. The lowest BCUT2D eigenvalue weighted by atomic mass is 10.2. The van der Waals surface area contributed by atoms with Crippen LogP contribution >= 0.6 is 23.2 Å². The standard InChI is InChI=1S/C14H14Cl2N6/c15-9-2-1-7(3-10(9)16)4-19-5-8-6-20-13-11(8)12(17)21-14(18)22-13/h1-3,6,19H,4-5H2,(H5,17,18,20,21,22). The summed E-state index contributed by atoms with van der Waals surface area (Å²) < 4.78 is 0. The van der Waals surface area contributed by atoms with E-state index in [-0.39, 0.29) is 5.95 Å². The third-order valence-corrected chi connectivity index (χ3v) is 4.03. The van der Waals surface area contributed by atoms with Crippen LogP contribution in [0.3, 0.4) is 0 Å². The minimum absolute atomic E-state index is 0.155. The van der Waals surface area contributed by atoms with Gasteiger partial charge in [-0.2, -0.15) is 9.97 Å². The molecule has 0 saturated heterocycles. The van der Waals surface area contributed by atoms with Gasteiger partial charge >= 0.3 is 0 Å². The van der Waals surface area contributed by atoms with E-state index in [9.17, 15) is 0 Å². The molecule has 0 aliphatic carbocycles. The van der Waals surface area contributed by atoms with E-state index >= 15 is 0 Å². The van der Waals surface area contributed by atoms with Crippen LogP contribution in [0, 0.1) is 0 Å². The maximum Gasteiger partial charge on any atom is 0.223 e. The van der Waals surface area contributed by atoms with E-state index in [0.717, 1.165) is 16.5 Å². The summed E-state index contributed by atoms with van der Waals surface area (Å²) in [5.41, 5.74) is 14.1. The minimum atomic E-state index is 0.155. The number of halogens is 2. The summed E-state index contributed by atoms with van der Waals surface area (Å²) in [4.78, 5) is 11.1. The molecule has 1 aromatic carbocycles. The Bertz CT molecular complexity index is 830. The van der Waals surface area contributed by atoms with Crippen LogP contribution in [0.4, 0.5) is 11.8 Å². The Morgan fingerprint density at radius 3 is 2.68 bits per heavy atom. The summed E-state index contributed by atoms with van der Waals surface area (Å²) in [6.07, 6.45) is 1.84.